The number of nitrogens with zero attached hydrogens (tertiary/aromatic N) is 1. The van der Waals surface area contributed by atoms with Gasteiger partial charge in [0.05, 0.1) is 20.8 Å². The van der Waals surface area contributed by atoms with Crippen molar-refractivity contribution in [3.05, 3.63) is 57.3 Å². The molecule has 1 N–H and O–H groups in total. The van der Waals surface area contributed by atoms with Crippen LogP contribution in [0.1, 0.15) is 15.9 Å². The predicted molar refractivity (Wildman–Crippen MR) is 88.7 cm³/mol. The Morgan fingerprint density at radius 1 is 1.27 bits per heavy atom. The SMILES string of the molecule is Cc1cc(Cl)cc2sc(NC(=O)c3ccc(F)cc3Cl)nc12. The van der Waals surface area contributed by atoms with Gasteiger partial charge in [0, 0.05) is 5.02 Å². The maximum absolute atomic E-state index is 13.0. The maximum atomic E-state index is 13.0. The molecule has 1 amide bonds. The van der Waals surface area contributed by atoms with Crippen molar-refractivity contribution in [1.29, 1.82) is 0 Å². The average molecular weight is 355 g/mol. The fourth-order valence-electron chi connectivity index (χ4n) is 2.05. The summed E-state index contributed by atoms with van der Waals surface area (Å²) in [6.45, 7) is 1.90. The van der Waals surface area contributed by atoms with E-state index in [1.54, 1.807) is 6.07 Å². The summed E-state index contributed by atoms with van der Waals surface area (Å²) in [6, 6.07) is 7.22. The third-order valence-corrected chi connectivity index (χ3v) is 4.50. The van der Waals surface area contributed by atoms with Crippen LogP contribution in [0, 0.1) is 12.7 Å². The van der Waals surface area contributed by atoms with E-state index in [0.29, 0.717) is 10.2 Å². The van der Waals surface area contributed by atoms with Crippen molar-refractivity contribution in [2.24, 2.45) is 0 Å². The molecule has 1 aromatic heterocycles. The van der Waals surface area contributed by atoms with Gasteiger partial charge in [-0.2, -0.15) is 0 Å². The molecule has 7 heteroatoms. The van der Waals surface area contributed by atoms with E-state index in [9.17, 15) is 9.18 Å². The van der Waals surface area contributed by atoms with Crippen molar-refractivity contribution in [1.82, 2.24) is 4.98 Å². The smallest absolute Gasteiger partial charge is 0.258 e. The largest absolute Gasteiger partial charge is 0.298 e. The zero-order valence-electron chi connectivity index (χ0n) is 11.3. The molecule has 0 radical (unpaired) electrons. The molecular formula is C15H9Cl2FN2OS. The molecule has 3 aromatic rings. The lowest BCUT2D eigenvalue weighted by atomic mass is 10.2. The van der Waals surface area contributed by atoms with Crippen LogP contribution < -0.4 is 5.32 Å². The van der Waals surface area contributed by atoms with Gasteiger partial charge in [0.2, 0.25) is 0 Å². The number of hydrogen-bond donors (Lipinski definition) is 1. The Morgan fingerprint density at radius 2 is 2.05 bits per heavy atom. The molecule has 2 aromatic carbocycles. The van der Waals surface area contributed by atoms with Gasteiger partial charge in [-0.15, -0.1) is 0 Å². The second kappa shape index (κ2) is 5.83. The molecular weight excluding hydrogens is 346 g/mol. The number of amides is 1. The van der Waals surface area contributed by atoms with E-state index < -0.39 is 11.7 Å². The van der Waals surface area contributed by atoms with Crippen molar-refractivity contribution in [2.75, 3.05) is 5.32 Å². The van der Waals surface area contributed by atoms with Crippen molar-refractivity contribution in [2.45, 2.75) is 6.92 Å². The van der Waals surface area contributed by atoms with E-state index in [1.807, 2.05) is 13.0 Å². The van der Waals surface area contributed by atoms with Gasteiger partial charge in [0.1, 0.15) is 5.82 Å². The number of thiazole rings is 1. The molecule has 0 aliphatic heterocycles. The Morgan fingerprint density at radius 3 is 2.77 bits per heavy atom. The topological polar surface area (TPSA) is 42.0 Å². The number of fused-ring (bicyclic) bond motifs is 1. The third-order valence-electron chi connectivity index (χ3n) is 3.05. The minimum absolute atomic E-state index is 0.0536. The van der Waals surface area contributed by atoms with Crippen LogP contribution in [-0.2, 0) is 0 Å². The van der Waals surface area contributed by atoms with Gasteiger partial charge in [-0.25, -0.2) is 9.37 Å². The normalized spacial score (nSPS) is 10.9. The Hall–Kier alpha value is -1.69. The van der Waals surface area contributed by atoms with E-state index >= 15 is 0 Å². The summed E-state index contributed by atoms with van der Waals surface area (Å²) in [7, 11) is 0. The number of benzene rings is 2. The van der Waals surface area contributed by atoms with Crippen LogP contribution in [0.3, 0.4) is 0 Å². The van der Waals surface area contributed by atoms with Crippen LogP contribution in [-0.4, -0.2) is 10.9 Å². The monoisotopic (exact) mass is 354 g/mol. The minimum Gasteiger partial charge on any atom is -0.298 e. The highest BCUT2D eigenvalue weighted by Gasteiger charge is 2.14. The lowest BCUT2D eigenvalue weighted by Crippen LogP contribution is -2.12. The van der Waals surface area contributed by atoms with Crippen LogP contribution in [0.15, 0.2) is 30.3 Å². The summed E-state index contributed by atoms with van der Waals surface area (Å²) in [5, 5.41) is 3.78. The Labute approximate surface area is 139 Å². The molecule has 0 aliphatic carbocycles. The molecule has 0 atom stereocenters. The summed E-state index contributed by atoms with van der Waals surface area (Å²) >= 11 is 13.2. The standard InChI is InChI=1S/C15H9Cl2FN2OS/c1-7-4-8(16)5-12-13(7)19-15(22-12)20-14(21)10-3-2-9(18)6-11(10)17/h2-6H,1H3,(H,19,20,21). The number of halogens is 3. The summed E-state index contributed by atoms with van der Waals surface area (Å²) < 4.78 is 13.9. The Balaban J connectivity index is 1.92. The molecule has 3 nitrogen and oxygen atoms in total. The van der Waals surface area contributed by atoms with E-state index in [2.05, 4.69) is 10.3 Å². The Bertz CT molecular complexity index is 895. The lowest BCUT2D eigenvalue weighted by molar-refractivity contribution is 0.102. The second-order valence-electron chi connectivity index (χ2n) is 4.67. The van der Waals surface area contributed by atoms with Crippen LogP contribution in [0.25, 0.3) is 10.2 Å². The predicted octanol–water partition coefficient (Wildman–Crippen LogP) is 5.30. The van der Waals surface area contributed by atoms with E-state index in [0.717, 1.165) is 21.8 Å². The van der Waals surface area contributed by atoms with E-state index in [4.69, 9.17) is 23.2 Å². The van der Waals surface area contributed by atoms with Gasteiger partial charge in [-0.1, -0.05) is 34.5 Å². The molecule has 0 unspecified atom stereocenters. The molecule has 112 valence electrons. The maximum Gasteiger partial charge on any atom is 0.258 e. The first-order chi connectivity index (χ1) is 10.4. The first-order valence-corrected chi connectivity index (χ1v) is 7.84. The number of nitrogens with one attached hydrogen (secondary N) is 1. The highest BCUT2D eigenvalue weighted by molar-refractivity contribution is 7.22. The van der Waals surface area contributed by atoms with Crippen LogP contribution in [0.5, 0.6) is 0 Å². The van der Waals surface area contributed by atoms with Gasteiger partial charge >= 0.3 is 0 Å². The number of carbonyl (C=O) groups excluding carboxylic acids is 1. The van der Waals surface area contributed by atoms with E-state index in [-0.39, 0.29) is 10.6 Å². The number of rotatable bonds is 2. The van der Waals surface area contributed by atoms with E-state index in [1.165, 1.54) is 23.5 Å². The van der Waals surface area contributed by atoms with Gasteiger partial charge in [0.15, 0.2) is 5.13 Å². The molecule has 0 fully saturated rings. The van der Waals surface area contributed by atoms with Crippen LogP contribution in [0.4, 0.5) is 9.52 Å². The number of hydrogen-bond acceptors (Lipinski definition) is 3. The van der Waals surface area contributed by atoms with Crippen molar-refractivity contribution < 1.29 is 9.18 Å². The highest BCUT2D eigenvalue weighted by Crippen LogP contribution is 2.31. The second-order valence-corrected chi connectivity index (χ2v) is 6.54. The zero-order chi connectivity index (χ0) is 15.9. The molecule has 1 heterocycles. The summed E-state index contributed by atoms with van der Waals surface area (Å²) in [6.07, 6.45) is 0. The molecule has 3 rings (SSSR count). The fraction of sp³-hybridized carbons (Fsp3) is 0.0667. The first kappa shape index (κ1) is 15.2. The zero-order valence-corrected chi connectivity index (χ0v) is 13.6. The lowest BCUT2D eigenvalue weighted by Gasteiger charge is -2.03. The third kappa shape index (κ3) is 2.92. The van der Waals surface area contributed by atoms with Gasteiger partial charge in [-0.3, -0.25) is 10.1 Å². The van der Waals surface area contributed by atoms with Crippen LogP contribution >= 0.6 is 34.5 Å². The molecule has 0 saturated carbocycles. The van der Waals surface area contributed by atoms with Crippen molar-refractivity contribution in [3.63, 3.8) is 0 Å². The van der Waals surface area contributed by atoms with Crippen molar-refractivity contribution in [3.8, 4) is 0 Å². The summed E-state index contributed by atoms with van der Waals surface area (Å²) in [5.74, 6) is -0.931. The quantitative estimate of drug-likeness (QED) is 0.678. The highest BCUT2D eigenvalue weighted by atomic mass is 35.5. The fourth-order valence-corrected chi connectivity index (χ4v) is 3.61. The van der Waals surface area contributed by atoms with Crippen LogP contribution in [0.2, 0.25) is 10.0 Å². The Kier molecular flexibility index (Phi) is 4.04. The van der Waals surface area contributed by atoms with Gasteiger partial charge < -0.3 is 0 Å². The molecule has 22 heavy (non-hydrogen) atoms. The number of aromatic nitrogens is 1. The number of aryl methyl sites for hydroxylation is 1. The molecule has 0 aliphatic rings. The number of anilines is 1. The van der Waals surface area contributed by atoms with Gasteiger partial charge in [0.25, 0.3) is 5.91 Å². The first-order valence-electron chi connectivity index (χ1n) is 6.27. The molecule has 0 spiro atoms. The summed E-state index contributed by atoms with van der Waals surface area (Å²) in [4.78, 5) is 16.6. The molecule has 0 saturated heterocycles. The van der Waals surface area contributed by atoms with Gasteiger partial charge in [-0.05, 0) is 42.8 Å². The van der Waals surface area contributed by atoms with Crippen molar-refractivity contribution >= 4 is 55.8 Å². The molecule has 0 bridgehead atoms. The minimum atomic E-state index is -0.494. The summed E-state index contributed by atoms with van der Waals surface area (Å²) in [5.41, 5.74) is 1.91. The number of carbonyl (C=O) groups is 1. The average Bonchev–Trinajstić information content (AvgIpc) is 2.81.